The van der Waals surface area contributed by atoms with E-state index in [1.54, 1.807) is 6.92 Å². The number of hydrogen-bond donors (Lipinski definition) is 1. The molecular weight excluding hydrogens is 388 g/mol. The Labute approximate surface area is 152 Å². The molecule has 1 aliphatic heterocycles. The number of ether oxygens (including phenoxy) is 1. The Morgan fingerprint density at radius 2 is 2.19 bits per heavy atom. The molecule has 11 heteroatoms. The third-order valence-corrected chi connectivity index (χ3v) is 6.55. The molecule has 0 bridgehead atoms. The average Bonchev–Trinajstić information content (AvgIpc) is 2.98. The first-order chi connectivity index (χ1) is 12.3. The summed E-state index contributed by atoms with van der Waals surface area (Å²) in [6.07, 6.45) is -0.350. The lowest BCUT2D eigenvalue weighted by molar-refractivity contribution is 0.168. The van der Waals surface area contributed by atoms with Crippen LogP contribution in [0.1, 0.15) is 17.5 Å². The van der Waals surface area contributed by atoms with Gasteiger partial charge in [-0.15, -0.1) is 0 Å². The number of halogens is 2. The number of carbonyl (C=O) groups excluding carboxylic acids is 1. The summed E-state index contributed by atoms with van der Waals surface area (Å²) in [6.45, 7) is 1.92. The van der Waals surface area contributed by atoms with Crippen LogP contribution in [0, 0.1) is 11.6 Å². The van der Waals surface area contributed by atoms with Crippen LogP contribution in [-0.4, -0.2) is 37.0 Å². The van der Waals surface area contributed by atoms with E-state index in [9.17, 15) is 22.0 Å². The van der Waals surface area contributed by atoms with Crippen LogP contribution in [0.4, 0.5) is 18.7 Å². The molecule has 0 saturated carbocycles. The standard InChI is InChI=1S/C15H15F2N3O4S2/c1-2-24-15(21)19-14-18-11-5-6-20(8-12(11)25-14)26(22,23)13-7-9(16)3-4-10(13)17/h3-4,7H,2,5-6,8H2,1H3,(H,18,19,21). The van der Waals surface area contributed by atoms with Gasteiger partial charge in [0.1, 0.15) is 16.5 Å². The van der Waals surface area contributed by atoms with Gasteiger partial charge < -0.3 is 4.74 Å². The Morgan fingerprint density at radius 3 is 2.92 bits per heavy atom. The first-order valence-electron chi connectivity index (χ1n) is 7.69. The zero-order valence-corrected chi connectivity index (χ0v) is 15.3. The highest BCUT2D eigenvalue weighted by atomic mass is 32.2. The highest BCUT2D eigenvalue weighted by molar-refractivity contribution is 7.89. The number of benzene rings is 1. The molecule has 1 aromatic carbocycles. The number of fused-ring (bicyclic) bond motifs is 1. The van der Waals surface area contributed by atoms with E-state index in [4.69, 9.17) is 4.74 Å². The van der Waals surface area contributed by atoms with Crippen molar-refractivity contribution >= 4 is 32.6 Å². The Hall–Kier alpha value is -2.11. The second-order valence-corrected chi connectivity index (χ2v) is 8.39. The molecule has 2 heterocycles. The maximum atomic E-state index is 13.9. The summed E-state index contributed by atoms with van der Waals surface area (Å²) in [7, 11) is -4.20. The molecular formula is C15H15F2N3O4S2. The number of nitrogens with zero attached hydrogens (tertiary/aromatic N) is 2. The highest BCUT2D eigenvalue weighted by Gasteiger charge is 2.32. The monoisotopic (exact) mass is 403 g/mol. The first kappa shape index (κ1) is 18.7. The fourth-order valence-electron chi connectivity index (χ4n) is 2.50. The summed E-state index contributed by atoms with van der Waals surface area (Å²) in [5.41, 5.74) is 0.660. The summed E-state index contributed by atoms with van der Waals surface area (Å²) < 4.78 is 58.4. The Morgan fingerprint density at radius 1 is 1.42 bits per heavy atom. The smallest absolute Gasteiger partial charge is 0.413 e. The van der Waals surface area contributed by atoms with Crippen LogP contribution in [0.15, 0.2) is 23.1 Å². The zero-order valence-electron chi connectivity index (χ0n) is 13.7. The molecule has 0 unspecified atom stereocenters. The van der Waals surface area contributed by atoms with E-state index in [2.05, 4.69) is 10.3 Å². The summed E-state index contributed by atoms with van der Waals surface area (Å²) in [5.74, 6) is -1.84. The predicted molar refractivity (Wildman–Crippen MR) is 90.4 cm³/mol. The highest BCUT2D eigenvalue weighted by Crippen LogP contribution is 2.31. The molecule has 0 fully saturated rings. The number of hydrogen-bond acceptors (Lipinski definition) is 6. The Kier molecular flexibility index (Phi) is 5.21. The minimum atomic E-state index is -4.20. The number of nitrogens with one attached hydrogen (secondary N) is 1. The van der Waals surface area contributed by atoms with Crippen molar-refractivity contribution < 1.29 is 26.7 Å². The van der Waals surface area contributed by atoms with Gasteiger partial charge in [-0.05, 0) is 25.1 Å². The van der Waals surface area contributed by atoms with Gasteiger partial charge in [-0.2, -0.15) is 4.31 Å². The van der Waals surface area contributed by atoms with Gasteiger partial charge in [-0.1, -0.05) is 11.3 Å². The minimum absolute atomic E-state index is 0.0320. The normalized spacial score (nSPS) is 14.7. The molecule has 0 spiro atoms. The predicted octanol–water partition coefficient (Wildman–Crippen LogP) is 2.74. The topological polar surface area (TPSA) is 88.6 Å². The van der Waals surface area contributed by atoms with Gasteiger partial charge in [-0.25, -0.2) is 27.0 Å². The van der Waals surface area contributed by atoms with E-state index in [0.717, 1.165) is 27.8 Å². The van der Waals surface area contributed by atoms with Crippen LogP contribution in [0.25, 0.3) is 0 Å². The molecule has 0 radical (unpaired) electrons. The van der Waals surface area contributed by atoms with Gasteiger partial charge in [0.2, 0.25) is 10.0 Å². The third kappa shape index (κ3) is 3.69. The van der Waals surface area contributed by atoms with Gasteiger partial charge in [0, 0.05) is 17.8 Å². The summed E-state index contributed by atoms with van der Waals surface area (Å²) >= 11 is 1.11. The molecule has 140 valence electrons. The molecule has 3 rings (SSSR count). The molecule has 26 heavy (non-hydrogen) atoms. The largest absolute Gasteiger partial charge is 0.450 e. The van der Waals surface area contributed by atoms with Crippen LogP contribution < -0.4 is 5.32 Å². The second-order valence-electron chi connectivity index (χ2n) is 5.40. The minimum Gasteiger partial charge on any atom is -0.450 e. The molecule has 1 N–H and O–H groups in total. The number of sulfonamides is 1. The Bertz CT molecular complexity index is 946. The molecule has 0 saturated heterocycles. The van der Waals surface area contributed by atoms with Gasteiger partial charge in [0.25, 0.3) is 0 Å². The van der Waals surface area contributed by atoms with Crippen molar-refractivity contribution in [1.82, 2.24) is 9.29 Å². The van der Waals surface area contributed by atoms with Gasteiger partial charge in [0.05, 0.1) is 18.8 Å². The molecule has 0 atom stereocenters. The summed E-state index contributed by atoms with van der Waals surface area (Å²) in [6, 6.07) is 2.31. The summed E-state index contributed by atoms with van der Waals surface area (Å²) in [4.78, 5) is 15.6. The van der Waals surface area contributed by atoms with Crippen LogP contribution in [0.5, 0.6) is 0 Å². The van der Waals surface area contributed by atoms with E-state index >= 15 is 0 Å². The van der Waals surface area contributed by atoms with E-state index in [-0.39, 0.29) is 19.7 Å². The number of thiazole rings is 1. The quantitative estimate of drug-likeness (QED) is 0.848. The number of aromatic nitrogens is 1. The van der Waals surface area contributed by atoms with E-state index in [1.807, 2.05) is 0 Å². The van der Waals surface area contributed by atoms with E-state index in [0.29, 0.717) is 28.2 Å². The van der Waals surface area contributed by atoms with E-state index < -0.39 is 32.6 Å². The molecule has 1 amide bonds. The van der Waals surface area contributed by atoms with E-state index in [1.165, 1.54) is 0 Å². The van der Waals surface area contributed by atoms with Crippen molar-refractivity contribution in [2.45, 2.75) is 24.8 Å². The van der Waals surface area contributed by atoms with Crippen LogP contribution >= 0.6 is 11.3 Å². The third-order valence-electron chi connectivity index (χ3n) is 3.69. The van der Waals surface area contributed by atoms with Gasteiger partial charge in [0.15, 0.2) is 5.13 Å². The SMILES string of the molecule is CCOC(=O)Nc1nc2c(s1)CN(S(=O)(=O)c1cc(F)ccc1F)CC2. The van der Waals surface area contributed by atoms with Crippen molar-refractivity contribution in [2.75, 3.05) is 18.5 Å². The molecule has 1 aromatic heterocycles. The van der Waals surface area contributed by atoms with Crippen LogP contribution in [-0.2, 0) is 27.7 Å². The number of carbonyl (C=O) groups is 1. The molecule has 7 nitrogen and oxygen atoms in total. The Balaban J connectivity index is 1.82. The molecule has 2 aromatic rings. The van der Waals surface area contributed by atoms with Crippen molar-refractivity contribution in [3.05, 3.63) is 40.4 Å². The average molecular weight is 403 g/mol. The lowest BCUT2D eigenvalue weighted by Gasteiger charge is -2.25. The summed E-state index contributed by atoms with van der Waals surface area (Å²) in [5, 5.41) is 2.77. The van der Waals surface area contributed by atoms with Crippen LogP contribution in [0.3, 0.4) is 0 Å². The first-order valence-corrected chi connectivity index (χ1v) is 9.94. The van der Waals surface area contributed by atoms with Crippen molar-refractivity contribution in [3.63, 3.8) is 0 Å². The number of anilines is 1. The van der Waals surface area contributed by atoms with Gasteiger partial charge in [-0.3, -0.25) is 5.32 Å². The number of amides is 1. The molecule has 1 aliphatic rings. The maximum absolute atomic E-state index is 13.9. The lowest BCUT2D eigenvalue weighted by Crippen LogP contribution is -2.36. The van der Waals surface area contributed by atoms with Crippen molar-refractivity contribution in [1.29, 1.82) is 0 Å². The second kappa shape index (κ2) is 7.25. The zero-order chi connectivity index (χ0) is 18.9. The number of rotatable bonds is 4. The van der Waals surface area contributed by atoms with Gasteiger partial charge >= 0.3 is 6.09 Å². The fourth-order valence-corrected chi connectivity index (χ4v) is 5.08. The van der Waals surface area contributed by atoms with Crippen molar-refractivity contribution in [3.8, 4) is 0 Å². The van der Waals surface area contributed by atoms with Crippen molar-refractivity contribution in [2.24, 2.45) is 0 Å². The maximum Gasteiger partial charge on any atom is 0.413 e. The molecule has 0 aliphatic carbocycles. The lowest BCUT2D eigenvalue weighted by atomic mass is 10.2. The fraction of sp³-hybridized carbons (Fsp3) is 0.333. The van der Waals surface area contributed by atoms with Crippen LogP contribution in [0.2, 0.25) is 0 Å².